The number of carbonyl (C=O) groups is 3. The van der Waals surface area contributed by atoms with E-state index in [4.69, 9.17) is 10.5 Å². The number of esters is 1. The van der Waals surface area contributed by atoms with Gasteiger partial charge in [0.05, 0.1) is 6.04 Å². The summed E-state index contributed by atoms with van der Waals surface area (Å²) < 4.78 is 5.15. The van der Waals surface area contributed by atoms with Crippen LogP contribution in [0.4, 0.5) is 0 Å². The molecule has 1 aromatic rings. The molecular weight excluding hydrogens is 406 g/mol. The molecule has 7 nitrogen and oxygen atoms in total. The Morgan fingerprint density at radius 3 is 2.47 bits per heavy atom. The second-order valence-corrected chi connectivity index (χ2v) is 9.57. The third-order valence-corrected chi connectivity index (χ3v) is 7.16. The topological polar surface area (TPSA) is 111 Å². The number of hydrogen-bond acceptors (Lipinski definition) is 5. The van der Waals surface area contributed by atoms with Gasteiger partial charge < -0.3 is 21.1 Å². The zero-order valence-electron chi connectivity index (χ0n) is 19.5. The molecular formula is C25H37N3O4. The van der Waals surface area contributed by atoms with Gasteiger partial charge in [0, 0.05) is 12.1 Å². The van der Waals surface area contributed by atoms with Crippen LogP contribution in [-0.2, 0) is 25.5 Å². The number of cyclic esters (lactones) is 1. The Bertz CT molecular complexity index is 813. The van der Waals surface area contributed by atoms with Gasteiger partial charge >= 0.3 is 5.97 Å². The second kappa shape index (κ2) is 10.5. The highest BCUT2D eigenvalue weighted by atomic mass is 16.6. The fraction of sp³-hybridized carbons (Fsp3) is 0.640. The molecule has 0 bridgehead atoms. The third kappa shape index (κ3) is 5.68. The molecule has 7 heteroatoms. The number of carbonyl (C=O) groups excluding carboxylic acids is 3. The van der Waals surface area contributed by atoms with Crippen LogP contribution >= 0.6 is 0 Å². The molecule has 1 aliphatic heterocycles. The summed E-state index contributed by atoms with van der Waals surface area (Å²) in [6.07, 6.45) is 2.66. The van der Waals surface area contributed by atoms with Crippen molar-refractivity contribution in [2.45, 2.75) is 77.6 Å². The molecule has 0 spiro atoms. The van der Waals surface area contributed by atoms with Crippen molar-refractivity contribution in [2.75, 3.05) is 0 Å². The largest absolute Gasteiger partial charge is 0.451 e. The number of hydrogen-bond donors (Lipinski definition) is 3. The van der Waals surface area contributed by atoms with Gasteiger partial charge in [0.15, 0.2) is 6.10 Å². The van der Waals surface area contributed by atoms with E-state index in [1.54, 1.807) is 6.92 Å². The zero-order valence-corrected chi connectivity index (χ0v) is 19.5. The molecule has 1 aromatic carbocycles. The first-order valence-electron chi connectivity index (χ1n) is 11.8. The fourth-order valence-electron chi connectivity index (χ4n) is 4.60. The van der Waals surface area contributed by atoms with E-state index in [0.29, 0.717) is 0 Å². The predicted molar refractivity (Wildman–Crippen MR) is 122 cm³/mol. The highest BCUT2D eigenvalue weighted by Gasteiger charge is 2.52. The number of aryl methyl sites for hydroxylation is 1. The van der Waals surface area contributed by atoms with E-state index in [-0.39, 0.29) is 53.5 Å². The van der Waals surface area contributed by atoms with Gasteiger partial charge in [-0.1, -0.05) is 57.5 Å². The van der Waals surface area contributed by atoms with Gasteiger partial charge in [0.2, 0.25) is 5.91 Å². The molecule has 176 valence electrons. The minimum absolute atomic E-state index is 0.0324. The number of nitrogens with two attached hydrogens (primary N) is 1. The van der Waals surface area contributed by atoms with Crippen LogP contribution in [0, 0.1) is 23.7 Å². The molecule has 1 saturated heterocycles. The fourth-order valence-corrected chi connectivity index (χ4v) is 4.60. The smallest absolute Gasteiger partial charge is 0.314 e. The molecule has 1 aliphatic carbocycles. The lowest BCUT2D eigenvalue weighted by Gasteiger charge is -2.37. The molecule has 8 atom stereocenters. The molecule has 2 fully saturated rings. The molecule has 2 aliphatic rings. The van der Waals surface area contributed by atoms with E-state index in [9.17, 15) is 14.4 Å². The van der Waals surface area contributed by atoms with E-state index < -0.39 is 12.1 Å². The molecule has 1 saturated carbocycles. The molecule has 0 unspecified atom stereocenters. The van der Waals surface area contributed by atoms with Crippen LogP contribution in [0.3, 0.4) is 0 Å². The van der Waals surface area contributed by atoms with Crippen molar-refractivity contribution < 1.29 is 19.1 Å². The summed E-state index contributed by atoms with van der Waals surface area (Å²) >= 11 is 0. The van der Waals surface area contributed by atoms with Crippen molar-refractivity contribution in [1.29, 1.82) is 0 Å². The Balaban J connectivity index is 1.56. The summed E-state index contributed by atoms with van der Waals surface area (Å²) in [5, 5.41) is 6.18. The number of benzene rings is 1. The normalized spacial score (nSPS) is 27.8. The van der Waals surface area contributed by atoms with Gasteiger partial charge in [0.25, 0.3) is 5.91 Å². The van der Waals surface area contributed by atoms with E-state index in [2.05, 4.69) is 29.7 Å². The first-order valence-corrected chi connectivity index (χ1v) is 11.8. The monoisotopic (exact) mass is 443 g/mol. The highest BCUT2D eigenvalue weighted by molar-refractivity contribution is 5.94. The summed E-state index contributed by atoms with van der Waals surface area (Å²) in [6, 6.07) is 9.63. The third-order valence-electron chi connectivity index (χ3n) is 7.16. The van der Waals surface area contributed by atoms with Crippen molar-refractivity contribution in [1.82, 2.24) is 10.6 Å². The highest BCUT2D eigenvalue weighted by Crippen LogP contribution is 2.41. The first kappa shape index (κ1) is 24.2. The van der Waals surface area contributed by atoms with Crippen molar-refractivity contribution in [3.63, 3.8) is 0 Å². The molecule has 32 heavy (non-hydrogen) atoms. The maximum atomic E-state index is 12.7. The molecule has 0 aromatic heterocycles. The van der Waals surface area contributed by atoms with E-state index in [0.717, 1.165) is 25.7 Å². The molecule has 0 radical (unpaired) electrons. The number of nitrogens with one attached hydrogen (secondary N) is 2. The van der Waals surface area contributed by atoms with Crippen LogP contribution in [0.5, 0.6) is 0 Å². The Morgan fingerprint density at radius 1 is 1.19 bits per heavy atom. The van der Waals surface area contributed by atoms with Crippen LogP contribution in [0.15, 0.2) is 30.3 Å². The SMILES string of the molecule is CC[C@H](C)[C@@H]1C(=O)O[C@H]1C(=O)N[C@H]1C[C@H]1[C@@H](C)[C@@H](CCc1ccccc1)NC(=O)[C@H](C)N. The van der Waals surface area contributed by atoms with Crippen LogP contribution < -0.4 is 16.4 Å². The van der Waals surface area contributed by atoms with Crippen LogP contribution in [0.1, 0.15) is 52.5 Å². The number of ether oxygens (including phenoxy) is 1. The molecule has 1 heterocycles. The quantitative estimate of drug-likeness (QED) is 0.454. The van der Waals surface area contributed by atoms with Crippen molar-refractivity contribution in [3.8, 4) is 0 Å². The maximum absolute atomic E-state index is 12.7. The van der Waals surface area contributed by atoms with Crippen LogP contribution in [0.2, 0.25) is 0 Å². The van der Waals surface area contributed by atoms with Gasteiger partial charge in [0.1, 0.15) is 5.92 Å². The predicted octanol–water partition coefficient (Wildman–Crippen LogP) is 2.18. The lowest BCUT2D eigenvalue weighted by molar-refractivity contribution is -0.193. The summed E-state index contributed by atoms with van der Waals surface area (Å²) in [5.41, 5.74) is 7.01. The van der Waals surface area contributed by atoms with Gasteiger partial charge in [-0.2, -0.15) is 0 Å². The van der Waals surface area contributed by atoms with Crippen molar-refractivity contribution in [3.05, 3.63) is 35.9 Å². The minimum atomic E-state index is -0.680. The average Bonchev–Trinajstić information content (AvgIpc) is 3.53. The van der Waals surface area contributed by atoms with Gasteiger partial charge in [-0.3, -0.25) is 14.4 Å². The lowest BCUT2D eigenvalue weighted by atomic mass is 9.83. The van der Waals surface area contributed by atoms with E-state index in [1.807, 2.05) is 32.0 Å². The average molecular weight is 444 g/mol. The van der Waals surface area contributed by atoms with E-state index >= 15 is 0 Å². The molecule has 3 rings (SSSR count). The van der Waals surface area contributed by atoms with Crippen LogP contribution in [0.25, 0.3) is 0 Å². The van der Waals surface area contributed by atoms with Gasteiger partial charge in [-0.15, -0.1) is 0 Å². The van der Waals surface area contributed by atoms with E-state index in [1.165, 1.54) is 5.56 Å². The van der Waals surface area contributed by atoms with Crippen molar-refractivity contribution >= 4 is 17.8 Å². The molecule has 4 N–H and O–H groups in total. The summed E-state index contributed by atoms with van der Waals surface area (Å²) in [4.78, 5) is 36.8. The van der Waals surface area contributed by atoms with Gasteiger partial charge in [-0.25, -0.2) is 0 Å². The van der Waals surface area contributed by atoms with Crippen LogP contribution in [-0.4, -0.2) is 42.0 Å². The number of rotatable bonds is 11. The summed E-state index contributed by atoms with van der Waals surface area (Å²) in [7, 11) is 0. The standard InChI is InChI=1S/C25H37N3O4/c1-5-14(2)21-22(32-25(21)31)24(30)28-20-13-18(20)15(3)19(27-23(29)16(4)26)12-11-17-9-7-6-8-10-17/h6-10,14-16,18-22H,5,11-13,26H2,1-4H3,(H,27,29)(H,28,30)/t14-,15+,16-,18-,19+,20-,21-,22+/m0/s1. The van der Waals surface area contributed by atoms with Crippen molar-refractivity contribution in [2.24, 2.45) is 29.4 Å². The zero-order chi connectivity index (χ0) is 23.4. The van der Waals surface area contributed by atoms with Gasteiger partial charge in [-0.05, 0) is 49.5 Å². The Morgan fingerprint density at radius 2 is 1.88 bits per heavy atom. The maximum Gasteiger partial charge on any atom is 0.314 e. The number of amides is 2. The Labute approximate surface area is 190 Å². The molecule has 2 amide bonds. The summed E-state index contributed by atoms with van der Waals surface area (Å²) in [6.45, 7) is 7.79. The second-order valence-electron chi connectivity index (χ2n) is 9.57. The first-order chi connectivity index (χ1) is 15.2. The minimum Gasteiger partial charge on any atom is -0.451 e. The summed E-state index contributed by atoms with van der Waals surface area (Å²) in [5.74, 6) is -0.411. The lowest BCUT2D eigenvalue weighted by Crippen LogP contribution is -2.56. The Hall–Kier alpha value is -2.41. The Kier molecular flexibility index (Phi) is 7.93.